The molecule has 0 saturated carbocycles. The molecule has 11 nitrogen and oxygen atoms in total. The number of aryl methyl sites for hydroxylation is 2. The number of hydrogen-bond donors (Lipinski definition) is 3. The number of carbonyl (C=O) groups is 3. The predicted molar refractivity (Wildman–Crippen MR) is 141 cm³/mol. The molecule has 1 atom stereocenters. The lowest BCUT2D eigenvalue weighted by Gasteiger charge is -2.16. The van der Waals surface area contributed by atoms with Crippen LogP contribution in [0.15, 0.2) is 45.2 Å². The monoisotopic (exact) mass is 523 g/mol. The third-order valence-corrected chi connectivity index (χ3v) is 7.36. The van der Waals surface area contributed by atoms with E-state index in [0.717, 1.165) is 48.9 Å². The second kappa shape index (κ2) is 11.5. The average Bonchev–Trinajstić information content (AvgIpc) is 3.65. The van der Waals surface area contributed by atoms with Gasteiger partial charge in [-0.2, -0.15) is 5.10 Å². The van der Waals surface area contributed by atoms with Crippen LogP contribution in [0.3, 0.4) is 0 Å². The van der Waals surface area contributed by atoms with Crippen molar-refractivity contribution in [1.82, 2.24) is 19.8 Å². The predicted octanol–water partition coefficient (Wildman–Crippen LogP) is 2.48. The van der Waals surface area contributed by atoms with E-state index in [-0.39, 0.29) is 17.2 Å². The minimum absolute atomic E-state index is 0.142. The zero-order valence-electron chi connectivity index (χ0n) is 20.8. The molecule has 0 radical (unpaired) electrons. The molecule has 0 spiro atoms. The van der Waals surface area contributed by atoms with E-state index in [1.54, 1.807) is 6.92 Å². The number of benzene rings is 1. The summed E-state index contributed by atoms with van der Waals surface area (Å²) in [6.45, 7) is 6.19. The fourth-order valence-electron chi connectivity index (χ4n) is 4.44. The SMILES string of the molecule is C=N/C(C)=C\N=C(/C)C(=O)NCC(=O)n1cc([S+]([O-])NC(=O)Nc2c3c(cc4c2CCC4)CCC3)cn1. The lowest BCUT2D eigenvalue weighted by Crippen LogP contribution is -2.36. The Morgan fingerprint density at radius 1 is 1.16 bits per heavy atom. The van der Waals surface area contributed by atoms with Crippen LogP contribution in [-0.4, -0.2) is 51.2 Å². The third kappa shape index (κ3) is 6.15. The molecule has 4 rings (SSSR count). The number of aliphatic imine (C=N–C) groups is 2. The number of fused-ring (bicyclic) bond motifs is 2. The van der Waals surface area contributed by atoms with Crippen molar-refractivity contribution < 1.29 is 18.9 Å². The summed E-state index contributed by atoms with van der Waals surface area (Å²) in [6.07, 6.45) is 9.85. The van der Waals surface area contributed by atoms with Gasteiger partial charge in [-0.25, -0.2) is 9.48 Å². The van der Waals surface area contributed by atoms with E-state index in [1.165, 1.54) is 47.8 Å². The Kier molecular flexibility index (Phi) is 8.19. The van der Waals surface area contributed by atoms with Gasteiger partial charge >= 0.3 is 6.03 Å². The quantitative estimate of drug-likeness (QED) is 0.358. The van der Waals surface area contributed by atoms with E-state index in [9.17, 15) is 18.9 Å². The molecule has 2 aromatic rings. The molecule has 1 heterocycles. The number of carbonyl (C=O) groups excluding carboxylic acids is 3. The molecule has 12 heteroatoms. The lowest BCUT2D eigenvalue weighted by molar-refractivity contribution is -0.114. The Labute approximate surface area is 217 Å². The van der Waals surface area contributed by atoms with Gasteiger partial charge in [-0.3, -0.25) is 19.6 Å². The zero-order chi connectivity index (χ0) is 26.5. The molecule has 2 aliphatic carbocycles. The lowest BCUT2D eigenvalue weighted by atomic mass is 9.99. The minimum Gasteiger partial charge on any atom is -0.588 e. The summed E-state index contributed by atoms with van der Waals surface area (Å²) in [5, 5.41) is 9.29. The number of urea groups is 1. The van der Waals surface area contributed by atoms with Crippen LogP contribution in [0.4, 0.5) is 10.5 Å². The Morgan fingerprint density at radius 2 is 1.84 bits per heavy atom. The van der Waals surface area contributed by atoms with Gasteiger partial charge in [-0.05, 0) is 81.3 Å². The first-order chi connectivity index (χ1) is 17.8. The smallest absolute Gasteiger partial charge is 0.361 e. The van der Waals surface area contributed by atoms with Gasteiger partial charge in [0.25, 0.3) is 11.8 Å². The van der Waals surface area contributed by atoms with Crippen LogP contribution in [0, 0.1) is 0 Å². The van der Waals surface area contributed by atoms with Crippen molar-refractivity contribution in [2.75, 3.05) is 11.9 Å². The summed E-state index contributed by atoms with van der Waals surface area (Å²) >= 11 is -1.93. The number of nitrogens with zero attached hydrogens (tertiary/aromatic N) is 4. The van der Waals surface area contributed by atoms with Crippen molar-refractivity contribution in [3.05, 3.63) is 52.6 Å². The Hall–Kier alpha value is -3.77. The van der Waals surface area contributed by atoms with Gasteiger partial charge in [-0.1, -0.05) is 6.07 Å². The molecule has 0 aliphatic heterocycles. The first-order valence-corrected chi connectivity index (χ1v) is 13.1. The molecule has 194 valence electrons. The van der Waals surface area contributed by atoms with Gasteiger partial charge in [0.2, 0.25) is 4.90 Å². The van der Waals surface area contributed by atoms with E-state index in [0.29, 0.717) is 5.70 Å². The second-order valence-corrected chi connectivity index (χ2v) is 10.1. The second-order valence-electron chi connectivity index (χ2n) is 8.90. The zero-order valence-corrected chi connectivity index (χ0v) is 21.6. The van der Waals surface area contributed by atoms with Crippen LogP contribution in [0.1, 0.15) is 53.7 Å². The highest BCUT2D eigenvalue weighted by atomic mass is 32.2. The molecule has 2 aliphatic rings. The summed E-state index contributed by atoms with van der Waals surface area (Å²) in [5.41, 5.74) is 6.44. The van der Waals surface area contributed by atoms with E-state index >= 15 is 0 Å². The van der Waals surface area contributed by atoms with E-state index in [4.69, 9.17) is 0 Å². The number of anilines is 1. The van der Waals surface area contributed by atoms with Crippen LogP contribution in [-0.2, 0) is 41.8 Å². The van der Waals surface area contributed by atoms with Crippen LogP contribution < -0.4 is 15.4 Å². The van der Waals surface area contributed by atoms with Crippen molar-refractivity contribution in [2.24, 2.45) is 9.98 Å². The van der Waals surface area contributed by atoms with Crippen LogP contribution in [0.2, 0.25) is 0 Å². The van der Waals surface area contributed by atoms with E-state index in [1.807, 2.05) is 0 Å². The minimum atomic E-state index is -1.93. The maximum absolute atomic E-state index is 12.7. The number of allylic oxidation sites excluding steroid dienone is 1. The van der Waals surface area contributed by atoms with Crippen LogP contribution >= 0.6 is 0 Å². The third-order valence-electron chi connectivity index (χ3n) is 6.35. The van der Waals surface area contributed by atoms with Crippen molar-refractivity contribution in [2.45, 2.75) is 57.3 Å². The van der Waals surface area contributed by atoms with E-state index < -0.39 is 29.2 Å². The number of aromatic nitrogens is 2. The molecule has 3 N–H and O–H groups in total. The van der Waals surface area contributed by atoms with Gasteiger partial charge in [0.1, 0.15) is 23.3 Å². The summed E-state index contributed by atoms with van der Waals surface area (Å²) in [5.74, 6) is -1.08. The normalized spacial score (nSPS) is 15.5. The van der Waals surface area contributed by atoms with Gasteiger partial charge in [-0.15, -0.1) is 4.72 Å². The fourth-order valence-corrected chi connectivity index (χ4v) is 5.12. The summed E-state index contributed by atoms with van der Waals surface area (Å²) in [6, 6.07) is 1.69. The van der Waals surface area contributed by atoms with Gasteiger partial charge in [0, 0.05) is 11.9 Å². The topological polar surface area (TPSA) is 153 Å². The van der Waals surface area contributed by atoms with Gasteiger partial charge < -0.3 is 15.2 Å². The molecule has 0 saturated heterocycles. The number of amides is 3. The van der Waals surface area contributed by atoms with Crippen LogP contribution in [0.25, 0.3) is 0 Å². The Balaban J connectivity index is 1.33. The maximum Gasteiger partial charge on any atom is 0.361 e. The highest BCUT2D eigenvalue weighted by Gasteiger charge is 2.26. The molecule has 1 unspecified atom stereocenters. The average molecular weight is 524 g/mol. The van der Waals surface area contributed by atoms with Crippen molar-refractivity contribution in [3.8, 4) is 0 Å². The first kappa shape index (κ1) is 26.3. The first-order valence-electron chi connectivity index (χ1n) is 12.0. The van der Waals surface area contributed by atoms with Crippen molar-refractivity contribution in [1.29, 1.82) is 0 Å². The van der Waals surface area contributed by atoms with Gasteiger partial charge in [0.15, 0.2) is 0 Å². The van der Waals surface area contributed by atoms with Crippen LogP contribution in [0.5, 0.6) is 0 Å². The summed E-state index contributed by atoms with van der Waals surface area (Å²) < 4.78 is 16.1. The standard InChI is InChI=1S/C25H29N7O4S/c1-15(26-3)11-27-16(2)24(34)28-13-22(33)32-14-19(12-29-32)37(36)31-25(35)30-23-20-8-4-6-17(20)10-18-7-5-9-21(18)23/h10-12,14H,3-9,13H2,1-2H3,(H,28,34)(H2,30,31,35)/b15-11-,27-16+. The molecule has 1 aromatic carbocycles. The molecule has 0 fully saturated rings. The Bertz CT molecular complexity index is 1280. The highest BCUT2D eigenvalue weighted by molar-refractivity contribution is 7.90. The molecular weight excluding hydrogens is 494 g/mol. The number of hydrogen-bond acceptors (Lipinski definition) is 7. The maximum atomic E-state index is 12.7. The molecule has 3 amide bonds. The largest absolute Gasteiger partial charge is 0.588 e. The summed E-state index contributed by atoms with van der Waals surface area (Å²) in [7, 11) is 0. The van der Waals surface area contributed by atoms with E-state index in [2.05, 4.69) is 43.2 Å². The summed E-state index contributed by atoms with van der Waals surface area (Å²) in [4.78, 5) is 45.0. The molecule has 37 heavy (non-hydrogen) atoms. The highest BCUT2D eigenvalue weighted by Crippen LogP contribution is 2.38. The fraction of sp³-hybridized carbons (Fsp3) is 0.360. The van der Waals surface area contributed by atoms with Crippen molar-refractivity contribution >= 4 is 47.3 Å². The van der Waals surface area contributed by atoms with Crippen molar-refractivity contribution in [3.63, 3.8) is 0 Å². The molecule has 0 bridgehead atoms. The Morgan fingerprint density at radius 3 is 2.49 bits per heavy atom. The van der Waals surface area contributed by atoms with Gasteiger partial charge in [0.05, 0.1) is 18.4 Å². The number of rotatable bonds is 8. The molecule has 1 aromatic heterocycles. The molecular formula is C25H29N7O4S. The number of nitrogens with one attached hydrogen (secondary N) is 3.